The van der Waals surface area contributed by atoms with Gasteiger partial charge < -0.3 is 10.0 Å². The molecule has 1 aromatic heterocycles. The van der Waals surface area contributed by atoms with E-state index in [-0.39, 0.29) is 5.56 Å². The molecule has 0 saturated heterocycles. The third-order valence-electron chi connectivity index (χ3n) is 3.63. The lowest BCUT2D eigenvalue weighted by Gasteiger charge is -2.23. The van der Waals surface area contributed by atoms with Gasteiger partial charge in [-0.15, -0.1) is 0 Å². The van der Waals surface area contributed by atoms with E-state index in [9.17, 15) is 4.79 Å². The SMILES string of the molecule is O=C(O)c1ccc(N2CCCCc3ccccc32)nc1. The van der Waals surface area contributed by atoms with Gasteiger partial charge in [-0.05, 0) is 43.0 Å². The molecule has 102 valence electrons. The molecule has 0 spiro atoms. The Kier molecular flexibility index (Phi) is 3.37. The Morgan fingerprint density at radius 2 is 2.00 bits per heavy atom. The van der Waals surface area contributed by atoms with Crippen LogP contribution in [-0.4, -0.2) is 22.6 Å². The second kappa shape index (κ2) is 5.33. The summed E-state index contributed by atoms with van der Waals surface area (Å²) in [6, 6.07) is 11.7. The van der Waals surface area contributed by atoms with E-state index in [4.69, 9.17) is 5.11 Å². The minimum atomic E-state index is -0.944. The number of aromatic carboxylic acids is 1. The number of carboxylic acid groups (broad SMARTS) is 1. The summed E-state index contributed by atoms with van der Waals surface area (Å²) in [5, 5.41) is 8.94. The molecule has 1 aliphatic heterocycles. The molecule has 0 bridgehead atoms. The normalized spacial score (nSPS) is 14.5. The first kappa shape index (κ1) is 12.7. The molecule has 0 unspecified atom stereocenters. The number of carboxylic acids is 1. The highest BCUT2D eigenvalue weighted by Gasteiger charge is 2.17. The van der Waals surface area contributed by atoms with Crippen LogP contribution in [0.25, 0.3) is 0 Å². The number of carbonyl (C=O) groups is 1. The average molecular weight is 268 g/mol. The van der Waals surface area contributed by atoms with Gasteiger partial charge in [0.15, 0.2) is 0 Å². The second-order valence-electron chi connectivity index (χ2n) is 4.95. The number of pyridine rings is 1. The highest BCUT2D eigenvalue weighted by Crippen LogP contribution is 2.31. The van der Waals surface area contributed by atoms with Gasteiger partial charge in [-0.3, -0.25) is 0 Å². The number of anilines is 2. The van der Waals surface area contributed by atoms with E-state index in [1.54, 1.807) is 12.1 Å². The molecule has 2 aromatic rings. The van der Waals surface area contributed by atoms with Crippen molar-refractivity contribution in [2.24, 2.45) is 0 Å². The maximum atomic E-state index is 10.9. The van der Waals surface area contributed by atoms with Gasteiger partial charge in [-0.1, -0.05) is 18.2 Å². The summed E-state index contributed by atoms with van der Waals surface area (Å²) >= 11 is 0. The Morgan fingerprint density at radius 1 is 1.15 bits per heavy atom. The van der Waals surface area contributed by atoms with E-state index in [2.05, 4.69) is 28.1 Å². The van der Waals surface area contributed by atoms with Crippen molar-refractivity contribution >= 4 is 17.5 Å². The van der Waals surface area contributed by atoms with Crippen LogP contribution in [0.15, 0.2) is 42.6 Å². The molecular formula is C16H16N2O2. The lowest BCUT2D eigenvalue weighted by atomic mass is 10.1. The van der Waals surface area contributed by atoms with E-state index in [0.717, 1.165) is 25.2 Å². The highest BCUT2D eigenvalue weighted by molar-refractivity contribution is 5.87. The van der Waals surface area contributed by atoms with Gasteiger partial charge in [0, 0.05) is 18.4 Å². The fourth-order valence-electron chi connectivity index (χ4n) is 2.60. The molecule has 4 heteroatoms. The maximum absolute atomic E-state index is 10.9. The molecule has 0 saturated carbocycles. The Labute approximate surface area is 117 Å². The summed E-state index contributed by atoms with van der Waals surface area (Å²) in [4.78, 5) is 17.4. The van der Waals surface area contributed by atoms with Crippen molar-refractivity contribution < 1.29 is 9.90 Å². The van der Waals surface area contributed by atoms with Crippen LogP contribution in [0.4, 0.5) is 11.5 Å². The minimum absolute atomic E-state index is 0.219. The van der Waals surface area contributed by atoms with E-state index in [1.165, 1.54) is 23.9 Å². The zero-order valence-corrected chi connectivity index (χ0v) is 11.1. The molecule has 1 N–H and O–H groups in total. The van der Waals surface area contributed by atoms with E-state index < -0.39 is 5.97 Å². The number of aromatic nitrogens is 1. The Morgan fingerprint density at radius 3 is 2.75 bits per heavy atom. The molecule has 0 aliphatic carbocycles. The van der Waals surface area contributed by atoms with Crippen molar-refractivity contribution in [2.75, 3.05) is 11.4 Å². The fourth-order valence-corrected chi connectivity index (χ4v) is 2.60. The Hall–Kier alpha value is -2.36. The fraction of sp³-hybridized carbons (Fsp3) is 0.250. The van der Waals surface area contributed by atoms with Crippen LogP contribution in [0.5, 0.6) is 0 Å². The molecule has 2 heterocycles. The van der Waals surface area contributed by atoms with Gasteiger partial charge in [0.05, 0.1) is 5.56 Å². The number of fused-ring (bicyclic) bond motifs is 1. The topological polar surface area (TPSA) is 53.4 Å². The molecule has 0 fully saturated rings. The lowest BCUT2D eigenvalue weighted by molar-refractivity contribution is 0.0696. The molecule has 3 rings (SSSR count). The molecule has 1 aromatic carbocycles. The van der Waals surface area contributed by atoms with E-state index in [0.29, 0.717) is 0 Å². The van der Waals surface area contributed by atoms with Gasteiger partial charge in [0.1, 0.15) is 5.82 Å². The summed E-state index contributed by atoms with van der Waals surface area (Å²) in [6.45, 7) is 0.913. The molecule has 20 heavy (non-hydrogen) atoms. The number of para-hydroxylation sites is 1. The lowest BCUT2D eigenvalue weighted by Crippen LogP contribution is -2.19. The molecule has 1 aliphatic rings. The van der Waals surface area contributed by atoms with Crippen molar-refractivity contribution in [3.05, 3.63) is 53.7 Å². The molecule has 0 amide bonds. The number of hydrogen-bond donors (Lipinski definition) is 1. The van der Waals surface area contributed by atoms with Gasteiger partial charge in [-0.25, -0.2) is 9.78 Å². The molecule has 0 radical (unpaired) electrons. The summed E-state index contributed by atoms with van der Waals surface area (Å²) in [6.07, 6.45) is 4.78. The molecule has 0 atom stereocenters. The number of aryl methyl sites for hydroxylation is 1. The number of benzene rings is 1. The monoisotopic (exact) mass is 268 g/mol. The summed E-state index contributed by atoms with van der Waals surface area (Å²) in [5.74, 6) is -0.135. The van der Waals surface area contributed by atoms with Crippen LogP contribution >= 0.6 is 0 Å². The first-order valence-corrected chi connectivity index (χ1v) is 6.80. The molecule has 4 nitrogen and oxygen atoms in total. The van der Waals surface area contributed by atoms with Crippen LogP contribution in [0.1, 0.15) is 28.8 Å². The van der Waals surface area contributed by atoms with Crippen molar-refractivity contribution in [3.63, 3.8) is 0 Å². The summed E-state index contributed by atoms with van der Waals surface area (Å²) < 4.78 is 0. The predicted molar refractivity (Wildman–Crippen MR) is 77.6 cm³/mol. The van der Waals surface area contributed by atoms with E-state index in [1.807, 2.05) is 6.07 Å². The third-order valence-corrected chi connectivity index (χ3v) is 3.63. The first-order chi connectivity index (χ1) is 9.75. The largest absolute Gasteiger partial charge is 0.478 e. The van der Waals surface area contributed by atoms with Crippen LogP contribution in [0.3, 0.4) is 0 Å². The number of rotatable bonds is 2. The Balaban J connectivity index is 1.98. The number of hydrogen-bond acceptors (Lipinski definition) is 3. The summed E-state index contributed by atoms with van der Waals surface area (Å²) in [7, 11) is 0. The van der Waals surface area contributed by atoms with Crippen molar-refractivity contribution in [2.45, 2.75) is 19.3 Å². The second-order valence-corrected chi connectivity index (χ2v) is 4.95. The van der Waals surface area contributed by atoms with Crippen molar-refractivity contribution in [1.29, 1.82) is 0 Å². The van der Waals surface area contributed by atoms with Crippen molar-refractivity contribution in [3.8, 4) is 0 Å². The third kappa shape index (κ3) is 2.37. The van der Waals surface area contributed by atoms with Crippen LogP contribution in [-0.2, 0) is 6.42 Å². The zero-order valence-electron chi connectivity index (χ0n) is 11.1. The Bertz CT molecular complexity index is 623. The maximum Gasteiger partial charge on any atom is 0.337 e. The summed E-state index contributed by atoms with van der Waals surface area (Å²) in [5.41, 5.74) is 2.73. The van der Waals surface area contributed by atoms with Gasteiger partial charge in [0.2, 0.25) is 0 Å². The van der Waals surface area contributed by atoms with Gasteiger partial charge >= 0.3 is 5.97 Å². The van der Waals surface area contributed by atoms with Crippen LogP contribution in [0.2, 0.25) is 0 Å². The quantitative estimate of drug-likeness (QED) is 0.908. The van der Waals surface area contributed by atoms with Gasteiger partial charge in [-0.2, -0.15) is 0 Å². The van der Waals surface area contributed by atoms with Crippen molar-refractivity contribution in [1.82, 2.24) is 4.98 Å². The minimum Gasteiger partial charge on any atom is -0.478 e. The molecular weight excluding hydrogens is 252 g/mol. The highest BCUT2D eigenvalue weighted by atomic mass is 16.4. The zero-order chi connectivity index (χ0) is 13.9. The van der Waals surface area contributed by atoms with Crippen LogP contribution < -0.4 is 4.90 Å². The van der Waals surface area contributed by atoms with Crippen LogP contribution in [0, 0.1) is 0 Å². The average Bonchev–Trinajstić information content (AvgIpc) is 2.69. The first-order valence-electron chi connectivity index (χ1n) is 6.80. The van der Waals surface area contributed by atoms with Gasteiger partial charge in [0.25, 0.3) is 0 Å². The number of nitrogens with zero attached hydrogens (tertiary/aromatic N) is 2. The smallest absolute Gasteiger partial charge is 0.337 e. The predicted octanol–water partition coefficient (Wildman–Crippen LogP) is 3.25. The van der Waals surface area contributed by atoms with E-state index >= 15 is 0 Å². The standard InChI is InChI=1S/C16H16N2O2/c19-16(20)13-8-9-15(17-11-13)18-10-4-3-6-12-5-1-2-7-14(12)18/h1-2,5,7-9,11H,3-4,6,10H2,(H,19,20).